The van der Waals surface area contributed by atoms with Crippen molar-refractivity contribution in [3.63, 3.8) is 0 Å². The lowest BCUT2D eigenvalue weighted by Crippen LogP contribution is -2.13. The quantitative estimate of drug-likeness (QED) is 0.448. The highest BCUT2D eigenvalue weighted by Crippen LogP contribution is 2.38. The fraction of sp³-hybridized carbons (Fsp3) is 0.440. The van der Waals surface area contributed by atoms with Gasteiger partial charge in [0.05, 0.1) is 0 Å². The van der Waals surface area contributed by atoms with Gasteiger partial charge in [-0.1, -0.05) is 48.6 Å². The van der Waals surface area contributed by atoms with Crippen molar-refractivity contribution in [1.29, 1.82) is 0 Å². The fourth-order valence-corrected chi connectivity index (χ4v) is 4.34. The number of aryl methyl sites for hydroxylation is 1. The van der Waals surface area contributed by atoms with Crippen LogP contribution in [0.25, 0.3) is 10.8 Å². The Kier molecular flexibility index (Phi) is 6.66. The van der Waals surface area contributed by atoms with Crippen LogP contribution in [0.4, 0.5) is 4.39 Å². The first-order valence-electron chi connectivity index (χ1n) is 10.2. The number of rotatable bonds is 7. The van der Waals surface area contributed by atoms with Crippen LogP contribution in [0.2, 0.25) is 0 Å². The van der Waals surface area contributed by atoms with E-state index in [0.29, 0.717) is 5.92 Å². The Labute approximate surface area is 157 Å². The molecule has 0 N–H and O–H groups in total. The molecule has 1 saturated carbocycles. The maximum atomic E-state index is 14.7. The zero-order chi connectivity index (χ0) is 18.4. The molecule has 2 aromatic carbocycles. The standard InChI is InChI=1S/C25H31F/c1-3-5-7-8-19-10-12-20(13-11-19)22-16-17-24-23(18-22)15-14-21(25(24)26)9-6-4-2/h3-5,14-20H,2,6-13H2,1H3/b5-3+. The van der Waals surface area contributed by atoms with E-state index in [4.69, 9.17) is 0 Å². The van der Waals surface area contributed by atoms with Crippen LogP contribution in [0.15, 0.2) is 55.1 Å². The summed E-state index contributed by atoms with van der Waals surface area (Å²) in [5.41, 5.74) is 2.19. The lowest BCUT2D eigenvalue weighted by molar-refractivity contribution is 0.312. The third kappa shape index (κ3) is 4.44. The third-order valence-electron chi connectivity index (χ3n) is 5.97. The molecule has 1 aliphatic carbocycles. The van der Waals surface area contributed by atoms with Gasteiger partial charge in [-0.2, -0.15) is 0 Å². The second-order valence-electron chi connectivity index (χ2n) is 7.71. The molecule has 0 heterocycles. The molecule has 0 unspecified atom stereocenters. The van der Waals surface area contributed by atoms with E-state index in [2.05, 4.69) is 43.9 Å². The van der Waals surface area contributed by atoms with Gasteiger partial charge in [0, 0.05) is 5.39 Å². The van der Waals surface area contributed by atoms with Gasteiger partial charge >= 0.3 is 0 Å². The minimum absolute atomic E-state index is 0.0522. The van der Waals surface area contributed by atoms with Crippen molar-refractivity contribution in [3.05, 3.63) is 72.1 Å². The molecular formula is C25H31F. The van der Waals surface area contributed by atoms with Gasteiger partial charge in [0.2, 0.25) is 0 Å². The van der Waals surface area contributed by atoms with E-state index < -0.39 is 0 Å². The van der Waals surface area contributed by atoms with Crippen LogP contribution in [-0.4, -0.2) is 0 Å². The monoisotopic (exact) mass is 350 g/mol. The van der Waals surface area contributed by atoms with Crippen molar-refractivity contribution in [3.8, 4) is 0 Å². The first-order chi connectivity index (χ1) is 12.7. The summed E-state index contributed by atoms with van der Waals surface area (Å²) in [4.78, 5) is 0. The van der Waals surface area contributed by atoms with Crippen LogP contribution in [0.1, 0.15) is 68.9 Å². The van der Waals surface area contributed by atoms with Crippen molar-refractivity contribution in [2.45, 2.75) is 64.2 Å². The van der Waals surface area contributed by atoms with Crippen LogP contribution in [-0.2, 0) is 6.42 Å². The van der Waals surface area contributed by atoms with Crippen molar-refractivity contribution in [2.24, 2.45) is 5.92 Å². The van der Waals surface area contributed by atoms with Crippen LogP contribution in [0, 0.1) is 11.7 Å². The van der Waals surface area contributed by atoms with Gasteiger partial charge < -0.3 is 0 Å². The molecule has 0 saturated heterocycles. The van der Waals surface area contributed by atoms with Crippen molar-refractivity contribution in [2.75, 3.05) is 0 Å². The topological polar surface area (TPSA) is 0 Å². The summed E-state index contributed by atoms with van der Waals surface area (Å²) in [6, 6.07) is 10.4. The molecule has 0 amide bonds. The molecule has 0 atom stereocenters. The Balaban J connectivity index is 1.69. The molecule has 0 bridgehead atoms. The lowest BCUT2D eigenvalue weighted by atomic mass is 9.77. The first kappa shape index (κ1) is 18.9. The second kappa shape index (κ2) is 9.16. The van der Waals surface area contributed by atoms with Crippen molar-refractivity contribution >= 4 is 10.8 Å². The SMILES string of the molecule is C=CCCc1ccc2cc(C3CCC(CC/C=C/C)CC3)ccc2c1F. The van der Waals surface area contributed by atoms with E-state index in [-0.39, 0.29) is 5.82 Å². The molecule has 26 heavy (non-hydrogen) atoms. The highest BCUT2D eigenvalue weighted by atomic mass is 19.1. The van der Waals surface area contributed by atoms with Gasteiger partial charge in [-0.3, -0.25) is 0 Å². The second-order valence-corrected chi connectivity index (χ2v) is 7.71. The summed E-state index contributed by atoms with van der Waals surface area (Å²) in [5.74, 6) is 1.47. The molecule has 0 spiro atoms. The van der Waals surface area contributed by atoms with Crippen LogP contribution in [0.3, 0.4) is 0 Å². The maximum absolute atomic E-state index is 14.7. The highest BCUT2D eigenvalue weighted by Gasteiger charge is 2.22. The molecular weight excluding hydrogens is 319 g/mol. The summed E-state index contributed by atoms with van der Waals surface area (Å²) in [6.45, 7) is 5.83. The summed E-state index contributed by atoms with van der Waals surface area (Å²) < 4.78 is 14.7. The zero-order valence-electron chi connectivity index (χ0n) is 16.0. The Morgan fingerprint density at radius 1 is 1.08 bits per heavy atom. The van der Waals surface area contributed by atoms with Gasteiger partial charge in [0.1, 0.15) is 5.82 Å². The smallest absolute Gasteiger partial charge is 0.134 e. The van der Waals surface area contributed by atoms with E-state index in [9.17, 15) is 4.39 Å². The Morgan fingerprint density at radius 2 is 1.88 bits per heavy atom. The third-order valence-corrected chi connectivity index (χ3v) is 5.97. The van der Waals surface area contributed by atoms with Crippen LogP contribution < -0.4 is 0 Å². The molecule has 138 valence electrons. The number of allylic oxidation sites excluding steroid dienone is 3. The van der Waals surface area contributed by atoms with E-state index in [1.165, 1.54) is 44.1 Å². The number of benzene rings is 2. The molecule has 0 nitrogen and oxygen atoms in total. The largest absolute Gasteiger partial charge is 0.206 e. The number of hydrogen-bond acceptors (Lipinski definition) is 0. The van der Waals surface area contributed by atoms with Crippen LogP contribution >= 0.6 is 0 Å². The fourth-order valence-electron chi connectivity index (χ4n) is 4.34. The minimum Gasteiger partial charge on any atom is -0.206 e. The highest BCUT2D eigenvalue weighted by molar-refractivity contribution is 5.84. The van der Waals surface area contributed by atoms with E-state index >= 15 is 0 Å². The van der Waals surface area contributed by atoms with E-state index in [1.54, 1.807) is 0 Å². The van der Waals surface area contributed by atoms with E-state index in [1.807, 2.05) is 18.2 Å². The molecule has 0 aliphatic heterocycles. The molecule has 0 radical (unpaired) electrons. The summed E-state index contributed by atoms with van der Waals surface area (Å²) in [6.07, 6.45) is 15.6. The van der Waals surface area contributed by atoms with Crippen molar-refractivity contribution < 1.29 is 4.39 Å². The normalized spacial score (nSPS) is 20.7. The summed E-state index contributed by atoms with van der Waals surface area (Å²) in [7, 11) is 0. The molecule has 1 fully saturated rings. The van der Waals surface area contributed by atoms with Gasteiger partial charge in [-0.05, 0) is 86.6 Å². The van der Waals surface area contributed by atoms with Gasteiger partial charge in [-0.15, -0.1) is 6.58 Å². The summed E-state index contributed by atoms with van der Waals surface area (Å²) in [5, 5.41) is 1.80. The van der Waals surface area contributed by atoms with Crippen LogP contribution in [0.5, 0.6) is 0 Å². The average Bonchev–Trinajstić information content (AvgIpc) is 2.68. The number of fused-ring (bicyclic) bond motifs is 1. The molecule has 2 aromatic rings. The van der Waals surface area contributed by atoms with Gasteiger partial charge in [0.25, 0.3) is 0 Å². The number of hydrogen-bond donors (Lipinski definition) is 0. The average molecular weight is 351 g/mol. The first-order valence-corrected chi connectivity index (χ1v) is 10.2. The zero-order valence-corrected chi connectivity index (χ0v) is 16.0. The number of halogens is 1. The molecule has 1 heteroatoms. The van der Waals surface area contributed by atoms with Gasteiger partial charge in [0.15, 0.2) is 0 Å². The summed E-state index contributed by atoms with van der Waals surface area (Å²) >= 11 is 0. The molecule has 3 rings (SSSR count). The predicted octanol–water partition coefficient (Wildman–Crippen LogP) is 7.73. The predicted molar refractivity (Wildman–Crippen MR) is 111 cm³/mol. The van der Waals surface area contributed by atoms with E-state index in [0.717, 1.165) is 35.1 Å². The van der Waals surface area contributed by atoms with Gasteiger partial charge in [-0.25, -0.2) is 4.39 Å². The Bertz CT molecular complexity index is 763. The molecule has 0 aromatic heterocycles. The molecule has 1 aliphatic rings. The Morgan fingerprint density at radius 3 is 2.62 bits per heavy atom. The minimum atomic E-state index is -0.0522. The van der Waals surface area contributed by atoms with Crippen molar-refractivity contribution in [1.82, 2.24) is 0 Å². The maximum Gasteiger partial charge on any atom is 0.134 e. The lowest BCUT2D eigenvalue weighted by Gasteiger charge is -2.29. The Hall–Kier alpha value is -1.89.